The van der Waals surface area contributed by atoms with E-state index in [1.165, 1.54) is 17.3 Å². The molecule has 0 spiro atoms. The van der Waals surface area contributed by atoms with Gasteiger partial charge in [0, 0.05) is 5.56 Å². The minimum atomic E-state index is -0.294. The Balaban J connectivity index is 1.34. The van der Waals surface area contributed by atoms with Gasteiger partial charge in [-0.1, -0.05) is 60.5 Å². The number of benzene rings is 2. The van der Waals surface area contributed by atoms with Gasteiger partial charge in [0.1, 0.15) is 0 Å². The fraction of sp³-hybridized carbons (Fsp3) is 0.238. The van der Waals surface area contributed by atoms with Gasteiger partial charge in [0.25, 0.3) is 0 Å². The third-order valence-electron chi connectivity index (χ3n) is 4.47. The molecule has 158 valence electrons. The van der Waals surface area contributed by atoms with Crippen LogP contribution in [0.3, 0.4) is 0 Å². The van der Waals surface area contributed by atoms with Crippen LogP contribution in [0.25, 0.3) is 17.1 Å². The number of tetrazole rings is 1. The van der Waals surface area contributed by atoms with E-state index in [2.05, 4.69) is 50.1 Å². The summed E-state index contributed by atoms with van der Waals surface area (Å²) >= 11 is 1.22. The van der Waals surface area contributed by atoms with Gasteiger partial charge in [-0.05, 0) is 53.1 Å². The van der Waals surface area contributed by atoms with E-state index >= 15 is 0 Å². The molecule has 2 aromatic carbocycles. The van der Waals surface area contributed by atoms with Crippen molar-refractivity contribution in [3.8, 4) is 17.1 Å². The second kappa shape index (κ2) is 9.98. The van der Waals surface area contributed by atoms with Gasteiger partial charge < -0.3 is 4.42 Å². The summed E-state index contributed by atoms with van der Waals surface area (Å²) in [5.41, 5.74) is 2.91. The van der Waals surface area contributed by atoms with Crippen molar-refractivity contribution in [2.24, 2.45) is 0 Å². The van der Waals surface area contributed by atoms with E-state index in [1.54, 1.807) is 4.68 Å². The van der Waals surface area contributed by atoms with Crippen LogP contribution < -0.4 is 5.32 Å². The molecule has 1 N–H and O–H groups in total. The topological polar surface area (TPSA) is 112 Å². The number of nitrogens with zero attached hydrogens (tertiary/aromatic N) is 6. The SMILES string of the molecule is CCCCc1ccc(-n2nnnc2SCC(=O)Nc2nnc(-c3ccccc3)o2)cc1. The van der Waals surface area contributed by atoms with Crippen molar-refractivity contribution >= 4 is 23.7 Å². The van der Waals surface area contributed by atoms with Crippen molar-refractivity contribution in [2.75, 3.05) is 11.1 Å². The highest BCUT2D eigenvalue weighted by Gasteiger charge is 2.14. The van der Waals surface area contributed by atoms with Crippen molar-refractivity contribution in [1.82, 2.24) is 30.4 Å². The standard InChI is InChI=1S/C21H21N7O2S/c1-2-3-7-15-10-12-17(13-11-15)28-21(25-26-27-28)31-14-18(29)22-20-24-23-19(30-20)16-8-5-4-6-9-16/h4-6,8-13H,2-3,7,14H2,1H3,(H,22,24,29). The molecule has 0 aliphatic heterocycles. The number of aromatic nitrogens is 6. The first-order valence-electron chi connectivity index (χ1n) is 9.92. The molecular formula is C21H21N7O2S. The number of thioether (sulfide) groups is 1. The molecule has 2 aromatic heterocycles. The number of nitrogens with one attached hydrogen (secondary N) is 1. The van der Waals surface area contributed by atoms with E-state index in [0.717, 1.165) is 30.5 Å². The summed E-state index contributed by atoms with van der Waals surface area (Å²) in [6.45, 7) is 2.18. The van der Waals surface area contributed by atoms with Crippen molar-refractivity contribution in [3.05, 3.63) is 60.2 Å². The van der Waals surface area contributed by atoms with Crippen LogP contribution in [0.2, 0.25) is 0 Å². The molecule has 0 saturated heterocycles. The molecule has 31 heavy (non-hydrogen) atoms. The monoisotopic (exact) mass is 435 g/mol. The molecule has 9 nitrogen and oxygen atoms in total. The summed E-state index contributed by atoms with van der Waals surface area (Å²) in [5.74, 6) is 0.144. The normalized spacial score (nSPS) is 10.9. The van der Waals surface area contributed by atoms with E-state index in [-0.39, 0.29) is 17.7 Å². The number of carbonyl (C=O) groups is 1. The summed E-state index contributed by atoms with van der Waals surface area (Å²) < 4.78 is 7.11. The fourth-order valence-corrected chi connectivity index (χ4v) is 3.56. The van der Waals surface area contributed by atoms with Crippen molar-refractivity contribution < 1.29 is 9.21 Å². The molecule has 0 aliphatic carbocycles. The van der Waals surface area contributed by atoms with Gasteiger partial charge in [-0.15, -0.1) is 10.2 Å². The maximum atomic E-state index is 12.3. The third-order valence-corrected chi connectivity index (χ3v) is 5.38. The average Bonchev–Trinajstić information content (AvgIpc) is 3.47. The molecule has 4 aromatic rings. The van der Waals surface area contributed by atoms with Gasteiger partial charge in [-0.25, -0.2) is 0 Å². The predicted molar refractivity (Wildman–Crippen MR) is 117 cm³/mol. The van der Waals surface area contributed by atoms with Crippen LogP contribution in [-0.2, 0) is 11.2 Å². The number of unbranched alkanes of at least 4 members (excludes halogenated alkanes) is 1. The first-order chi connectivity index (χ1) is 15.2. The Bertz CT molecular complexity index is 1130. The quantitative estimate of drug-likeness (QED) is 0.395. The largest absolute Gasteiger partial charge is 0.403 e. The Labute approximate surface area is 183 Å². The van der Waals surface area contributed by atoms with Crippen LogP contribution >= 0.6 is 11.8 Å². The van der Waals surface area contributed by atoms with Crippen LogP contribution in [0, 0.1) is 0 Å². The van der Waals surface area contributed by atoms with Gasteiger partial charge in [0.2, 0.25) is 17.0 Å². The summed E-state index contributed by atoms with van der Waals surface area (Å²) in [5, 5.41) is 22.7. The lowest BCUT2D eigenvalue weighted by molar-refractivity contribution is -0.113. The van der Waals surface area contributed by atoms with E-state index in [1.807, 2.05) is 42.5 Å². The van der Waals surface area contributed by atoms with Crippen LogP contribution in [0.15, 0.2) is 64.2 Å². The predicted octanol–water partition coefficient (Wildman–Crippen LogP) is 3.79. The first-order valence-corrected chi connectivity index (χ1v) is 10.9. The highest BCUT2D eigenvalue weighted by Crippen LogP contribution is 2.21. The summed E-state index contributed by atoms with van der Waals surface area (Å²) in [6.07, 6.45) is 3.37. The molecule has 4 rings (SSSR count). The molecule has 0 saturated carbocycles. The van der Waals surface area contributed by atoms with Crippen molar-refractivity contribution in [1.29, 1.82) is 0 Å². The minimum Gasteiger partial charge on any atom is -0.403 e. The Kier molecular flexibility index (Phi) is 6.68. The highest BCUT2D eigenvalue weighted by atomic mass is 32.2. The van der Waals surface area contributed by atoms with E-state index in [0.29, 0.717) is 11.0 Å². The lowest BCUT2D eigenvalue weighted by Gasteiger charge is -2.06. The number of hydrogen-bond donors (Lipinski definition) is 1. The number of aryl methyl sites for hydroxylation is 1. The van der Waals surface area contributed by atoms with Gasteiger partial charge in [-0.2, -0.15) is 4.68 Å². The molecule has 0 bridgehead atoms. The molecule has 0 unspecified atom stereocenters. The lowest BCUT2D eigenvalue weighted by atomic mass is 10.1. The molecule has 2 heterocycles. The Hall–Kier alpha value is -3.53. The fourth-order valence-electron chi connectivity index (χ4n) is 2.87. The highest BCUT2D eigenvalue weighted by molar-refractivity contribution is 7.99. The van der Waals surface area contributed by atoms with Crippen LogP contribution in [0.5, 0.6) is 0 Å². The molecule has 0 atom stereocenters. The maximum Gasteiger partial charge on any atom is 0.322 e. The van der Waals surface area contributed by atoms with Gasteiger partial charge in [0.15, 0.2) is 0 Å². The molecular weight excluding hydrogens is 414 g/mol. The first kappa shape index (κ1) is 20.7. The smallest absolute Gasteiger partial charge is 0.322 e. The third kappa shape index (κ3) is 5.34. The Morgan fingerprint density at radius 1 is 1.06 bits per heavy atom. The van der Waals surface area contributed by atoms with Crippen LogP contribution in [0.4, 0.5) is 6.01 Å². The van der Waals surface area contributed by atoms with Gasteiger partial charge in [0.05, 0.1) is 11.4 Å². The van der Waals surface area contributed by atoms with E-state index < -0.39 is 0 Å². The summed E-state index contributed by atoms with van der Waals surface area (Å²) in [4.78, 5) is 12.3. The van der Waals surface area contributed by atoms with Gasteiger partial charge in [-0.3, -0.25) is 10.1 Å². The Morgan fingerprint density at radius 2 is 1.87 bits per heavy atom. The van der Waals surface area contributed by atoms with E-state index in [4.69, 9.17) is 4.42 Å². The van der Waals surface area contributed by atoms with Gasteiger partial charge >= 0.3 is 6.01 Å². The minimum absolute atomic E-state index is 0.0479. The van der Waals surface area contributed by atoms with Crippen molar-refractivity contribution in [2.45, 2.75) is 31.3 Å². The molecule has 10 heteroatoms. The second-order valence-electron chi connectivity index (χ2n) is 6.76. The molecule has 0 radical (unpaired) electrons. The number of rotatable bonds is 9. The van der Waals surface area contributed by atoms with E-state index in [9.17, 15) is 4.79 Å². The summed E-state index contributed by atoms with van der Waals surface area (Å²) in [6, 6.07) is 17.5. The van der Waals surface area contributed by atoms with Crippen LogP contribution in [0.1, 0.15) is 25.3 Å². The molecule has 1 amide bonds. The molecule has 0 fully saturated rings. The lowest BCUT2D eigenvalue weighted by Crippen LogP contribution is -2.15. The summed E-state index contributed by atoms with van der Waals surface area (Å²) in [7, 11) is 0. The Morgan fingerprint density at radius 3 is 2.65 bits per heavy atom. The molecule has 0 aliphatic rings. The number of hydrogen-bond acceptors (Lipinski definition) is 8. The number of carbonyl (C=O) groups excluding carboxylic acids is 1. The second-order valence-corrected chi connectivity index (χ2v) is 7.70. The number of anilines is 1. The zero-order chi connectivity index (χ0) is 21.5. The average molecular weight is 436 g/mol. The van der Waals surface area contributed by atoms with Crippen LogP contribution in [-0.4, -0.2) is 42.1 Å². The van der Waals surface area contributed by atoms with Crippen molar-refractivity contribution in [3.63, 3.8) is 0 Å². The zero-order valence-electron chi connectivity index (χ0n) is 16.9. The maximum absolute atomic E-state index is 12.3. The number of amides is 1. The zero-order valence-corrected chi connectivity index (χ0v) is 17.7.